The number of rotatable bonds is 2. The largest absolute Gasteiger partial charge is 0.573 e. The van der Waals surface area contributed by atoms with Crippen LogP contribution in [-0.2, 0) is 0 Å². The zero-order chi connectivity index (χ0) is 12.9. The number of ether oxygens (including phenoxy) is 1. The number of hydrogen-bond donors (Lipinski definition) is 2. The van der Waals surface area contributed by atoms with Crippen LogP contribution in [0.3, 0.4) is 0 Å². The molecule has 0 saturated heterocycles. The van der Waals surface area contributed by atoms with Gasteiger partial charge >= 0.3 is 6.36 Å². The Labute approximate surface area is 102 Å². The van der Waals surface area contributed by atoms with E-state index in [1.165, 1.54) is 12.1 Å². The van der Waals surface area contributed by atoms with E-state index in [2.05, 4.69) is 29.2 Å². The zero-order valence-electron chi connectivity index (χ0n) is 8.71. The first-order valence-corrected chi connectivity index (χ1v) is 5.30. The van der Waals surface area contributed by atoms with Gasteiger partial charge in [-0.25, -0.2) is 0 Å². The molecule has 0 unspecified atom stereocenters. The highest BCUT2D eigenvalue weighted by molar-refractivity contribution is 7.80. The first kappa shape index (κ1) is 13.6. The Kier molecular flexibility index (Phi) is 4.58. The molecule has 0 aliphatic carbocycles. The molecule has 1 aromatic rings. The quantitative estimate of drug-likeness (QED) is 0.488. The number of benzene rings is 1. The molecule has 0 bridgehead atoms. The Balaban J connectivity index is 2.84. The Bertz CT molecular complexity index is 448. The lowest BCUT2D eigenvalue weighted by molar-refractivity contribution is -0.274. The topological polar surface area (TPSA) is 35.2 Å². The van der Waals surface area contributed by atoms with E-state index in [9.17, 15) is 13.2 Å². The van der Waals surface area contributed by atoms with Crippen molar-refractivity contribution in [3.63, 3.8) is 0 Å². The molecule has 0 aromatic heterocycles. The molecule has 0 radical (unpaired) electrons. The molecule has 1 aromatic carbocycles. The summed E-state index contributed by atoms with van der Waals surface area (Å²) in [6, 6.07) is 3.66. The molecular weight excluding hydrogens is 251 g/mol. The summed E-state index contributed by atoms with van der Waals surface area (Å²) in [7, 11) is 0. The number of hydrogen-bond acceptors (Lipinski definition) is 3. The van der Waals surface area contributed by atoms with Crippen LogP contribution in [0.5, 0.6) is 5.75 Å². The van der Waals surface area contributed by atoms with Crippen LogP contribution in [0, 0.1) is 11.8 Å². The number of alkyl halides is 3. The summed E-state index contributed by atoms with van der Waals surface area (Å²) in [5.74, 6) is 5.79. The van der Waals surface area contributed by atoms with Crippen molar-refractivity contribution >= 4 is 18.3 Å². The monoisotopic (exact) mass is 261 g/mol. The molecular formula is C11H10F3NOS. The fraction of sp³-hybridized carbons (Fsp3) is 0.273. The van der Waals surface area contributed by atoms with E-state index in [4.69, 9.17) is 5.73 Å². The molecule has 0 aliphatic heterocycles. The Morgan fingerprint density at radius 2 is 2.06 bits per heavy atom. The van der Waals surface area contributed by atoms with Crippen LogP contribution < -0.4 is 10.5 Å². The van der Waals surface area contributed by atoms with Gasteiger partial charge in [-0.3, -0.25) is 0 Å². The smallest absolute Gasteiger partial charge is 0.406 e. The Morgan fingerprint density at radius 3 is 2.59 bits per heavy atom. The van der Waals surface area contributed by atoms with Crippen molar-refractivity contribution in [3.8, 4) is 17.6 Å². The van der Waals surface area contributed by atoms with Crippen molar-refractivity contribution in [1.82, 2.24) is 0 Å². The van der Waals surface area contributed by atoms with Gasteiger partial charge in [0, 0.05) is 23.8 Å². The van der Waals surface area contributed by atoms with Gasteiger partial charge in [0.15, 0.2) is 0 Å². The third-order valence-corrected chi connectivity index (χ3v) is 1.94. The maximum absolute atomic E-state index is 11.9. The lowest BCUT2D eigenvalue weighted by Crippen LogP contribution is -2.17. The molecule has 92 valence electrons. The van der Waals surface area contributed by atoms with Crippen LogP contribution in [0.2, 0.25) is 0 Å². The molecule has 17 heavy (non-hydrogen) atoms. The van der Waals surface area contributed by atoms with Gasteiger partial charge in [-0.15, -0.1) is 13.2 Å². The summed E-state index contributed by atoms with van der Waals surface area (Å²) in [6.45, 7) is 0. The fourth-order valence-corrected chi connectivity index (χ4v) is 1.18. The molecule has 0 fully saturated rings. The maximum atomic E-state index is 11.9. The normalized spacial score (nSPS) is 10.6. The summed E-state index contributed by atoms with van der Waals surface area (Å²) >= 11 is 3.98. The molecule has 0 aliphatic rings. The van der Waals surface area contributed by atoms with Gasteiger partial charge in [0.2, 0.25) is 0 Å². The average Bonchev–Trinajstić information content (AvgIpc) is 2.19. The highest BCUT2D eigenvalue weighted by Gasteiger charge is 2.31. The molecule has 2 nitrogen and oxygen atoms in total. The van der Waals surface area contributed by atoms with Crippen molar-refractivity contribution in [3.05, 3.63) is 23.8 Å². The summed E-state index contributed by atoms with van der Waals surface area (Å²) in [5, 5.41) is 0. The number of thiol groups is 1. The molecule has 0 saturated carbocycles. The van der Waals surface area contributed by atoms with Crippen molar-refractivity contribution in [2.24, 2.45) is 0 Å². The molecule has 1 rings (SSSR count). The minimum atomic E-state index is -4.72. The van der Waals surface area contributed by atoms with Crippen molar-refractivity contribution in [1.29, 1.82) is 0 Å². The van der Waals surface area contributed by atoms with Crippen LogP contribution >= 0.6 is 12.6 Å². The highest BCUT2D eigenvalue weighted by atomic mass is 32.1. The number of nitrogen functional groups attached to an aromatic ring is 1. The lowest BCUT2D eigenvalue weighted by atomic mass is 10.2. The van der Waals surface area contributed by atoms with Crippen LogP contribution in [-0.4, -0.2) is 12.1 Å². The molecule has 0 spiro atoms. The van der Waals surface area contributed by atoms with E-state index >= 15 is 0 Å². The number of nitrogens with two attached hydrogens (primary N) is 1. The summed E-state index contributed by atoms with van der Waals surface area (Å²) < 4.78 is 39.5. The van der Waals surface area contributed by atoms with E-state index < -0.39 is 6.36 Å². The van der Waals surface area contributed by atoms with Crippen LogP contribution in [0.4, 0.5) is 18.9 Å². The second-order valence-electron chi connectivity index (χ2n) is 3.07. The second kappa shape index (κ2) is 5.73. The van der Waals surface area contributed by atoms with E-state index in [1.54, 1.807) is 0 Å². The van der Waals surface area contributed by atoms with Gasteiger partial charge in [-0.2, -0.15) is 12.6 Å². The highest BCUT2D eigenvalue weighted by Crippen LogP contribution is 2.25. The minimum absolute atomic E-state index is 0.151. The van der Waals surface area contributed by atoms with Crippen molar-refractivity contribution in [2.75, 3.05) is 11.5 Å². The predicted octanol–water partition coefficient (Wildman–Crippen LogP) is 2.84. The lowest BCUT2D eigenvalue weighted by Gasteiger charge is -2.09. The first-order chi connectivity index (χ1) is 7.92. The summed E-state index contributed by atoms with van der Waals surface area (Å²) in [4.78, 5) is 0. The first-order valence-electron chi connectivity index (χ1n) is 4.67. The van der Waals surface area contributed by atoms with Crippen LogP contribution in [0.15, 0.2) is 18.2 Å². The fourth-order valence-electron chi connectivity index (χ4n) is 1.07. The SMILES string of the molecule is Nc1cc(OC(F)(F)F)ccc1C#CCCS. The minimum Gasteiger partial charge on any atom is -0.406 e. The van der Waals surface area contributed by atoms with Crippen molar-refractivity contribution < 1.29 is 17.9 Å². The molecule has 0 atom stereocenters. The Morgan fingerprint density at radius 1 is 1.35 bits per heavy atom. The van der Waals surface area contributed by atoms with E-state index in [0.29, 0.717) is 17.7 Å². The van der Waals surface area contributed by atoms with E-state index in [-0.39, 0.29) is 11.4 Å². The van der Waals surface area contributed by atoms with Gasteiger partial charge in [0.05, 0.1) is 5.69 Å². The van der Waals surface area contributed by atoms with E-state index in [0.717, 1.165) is 6.07 Å². The number of anilines is 1. The van der Waals surface area contributed by atoms with Crippen molar-refractivity contribution in [2.45, 2.75) is 12.8 Å². The van der Waals surface area contributed by atoms with Crippen LogP contribution in [0.25, 0.3) is 0 Å². The van der Waals surface area contributed by atoms with Gasteiger partial charge in [0.25, 0.3) is 0 Å². The van der Waals surface area contributed by atoms with Gasteiger partial charge < -0.3 is 10.5 Å². The van der Waals surface area contributed by atoms with Gasteiger partial charge in [-0.05, 0) is 12.1 Å². The Hall–Kier alpha value is -1.48. The average molecular weight is 261 g/mol. The summed E-state index contributed by atoms with van der Waals surface area (Å²) in [5.41, 5.74) is 6.18. The summed E-state index contributed by atoms with van der Waals surface area (Å²) in [6.07, 6.45) is -4.13. The second-order valence-corrected chi connectivity index (χ2v) is 3.52. The molecule has 0 amide bonds. The molecule has 6 heteroatoms. The molecule has 2 N–H and O–H groups in total. The van der Waals surface area contributed by atoms with Gasteiger partial charge in [-0.1, -0.05) is 11.8 Å². The number of halogens is 3. The molecule has 0 heterocycles. The third-order valence-electron chi connectivity index (χ3n) is 1.72. The maximum Gasteiger partial charge on any atom is 0.573 e. The standard InChI is InChI=1S/C11H10F3NOS/c12-11(13,14)16-9-5-4-8(10(15)7-9)3-1-2-6-17/h4-5,7,17H,2,6,15H2. The third kappa shape index (κ3) is 4.91. The van der Waals surface area contributed by atoms with Crippen LogP contribution in [0.1, 0.15) is 12.0 Å². The van der Waals surface area contributed by atoms with E-state index in [1.807, 2.05) is 0 Å². The van der Waals surface area contributed by atoms with Gasteiger partial charge in [0.1, 0.15) is 5.75 Å². The predicted molar refractivity (Wildman–Crippen MR) is 62.9 cm³/mol. The zero-order valence-corrected chi connectivity index (χ0v) is 9.61.